The summed E-state index contributed by atoms with van der Waals surface area (Å²) in [6, 6.07) is 0. The fourth-order valence-electron chi connectivity index (χ4n) is 4.10. The summed E-state index contributed by atoms with van der Waals surface area (Å²) in [6.07, 6.45) is 3.85. The van der Waals surface area contributed by atoms with Gasteiger partial charge in [0.25, 0.3) is 0 Å². The number of nitrogen functional groups attached to an aromatic ring is 1. The van der Waals surface area contributed by atoms with Gasteiger partial charge in [-0.15, -0.1) is 0 Å². The van der Waals surface area contributed by atoms with E-state index < -0.39 is 0 Å². The van der Waals surface area contributed by atoms with Crippen molar-refractivity contribution < 1.29 is 0 Å². The Hall–Kier alpha value is -2.35. The summed E-state index contributed by atoms with van der Waals surface area (Å²) in [5, 5.41) is 9.32. The van der Waals surface area contributed by atoms with E-state index in [9.17, 15) is 5.41 Å². The summed E-state index contributed by atoms with van der Waals surface area (Å²) >= 11 is 0. The van der Waals surface area contributed by atoms with Crippen LogP contribution in [-0.4, -0.2) is 5.71 Å². The van der Waals surface area contributed by atoms with Gasteiger partial charge in [0.05, 0.1) is 5.71 Å². The van der Waals surface area contributed by atoms with Crippen molar-refractivity contribution in [2.45, 2.75) is 110 Å². The molecule has 33 heavy (non-hydrogen) atoms. The molecule has 0 fully saturated rings. The standard InChI is InChI=1S/C27H40N2.2C2H6/c1-12-17(8)19(10)24(18(9)15(4)5)27(29)25-22(14-3)21(13-2)23(16(6)7)20(11)26(25)28;2*1-2/h12,29H,6,13-14,28H2,1-5,7-11H3;2*1-2H3/b17-12-,24-19-,29-27?;;. The van der Waals surface area contributed by atoms with Crippen LogP contribution in [-0.2, 0) is 12.8 Å². The normalized spacial score (nSPS) is 11.4. The molecule has 0 aliphatic carbocycles. The van der Waals surface area contributed by atoms with Gasteiger partial charge in [0, 0.05) is 16.8 Å². The maximum atomic E-state index is 9.32. The fourth-order valence-corrected chi connectivity index (χ4v) is 4.10. The summed E-state index contributed by atoms with van der Waals surface area (Å²) < 4.78 is 0. The predicted octanol–water partition coefficient (Wildman–Crippen LogP) is 9.79. The van der Waals surface area contributed by atoms with E-state index in [4.69, 9.17) is 5.73 Å². The van der Waals surface area contributed by atoms with Crippen molar-refractivity contribution >= 4 is 17.0 Å². The monoisotopic (exact) mass is 452 g/mol. The second kappa shape index (κ2) is 15.5. The van der Waals surface area contributed by atoms with E-state index in [0.29, 0.717) is 11.4 Å². The number of anilines is 1. The first-order valence-corrected chi connectivity index (χ1v) is 12.6. The minimum absolute atomic E-state index is 0.530. The lowest BCUT2D eigenvalue weighted by Crippen LogP contribution is -2.18. The number of hydrogen-bond donors (Lipinski definition) is 2. The molecule has 0 radical (unpaired) electrons. The maximum Gasteiger partial charge on any atom is 0.0713 e. The fraction of sp³-hybridized carbons (Fsp3) is 0.516. The van der Waals surface area contributed by atoms with E-state index in [0.717, 1.165) is 46.3 Å². The molecule has 1 aromatic rings. The third-order valence-corrected chi connectivity index (χ3v) is 6.17. The molecule has 186 valence electrons. The highest BCUT2D eigenvalue weighted by Gasteiger charge is 2.25. The molecule has 0 amide bonds. The van der Waals surface area contributed by atoms with Crippen LogP contribution in [0, 0.1) is 12.3 Å². The third kappa shape index (κ3) is 7.32. The lowest BCUT2D eigenvalue weighted by Gasteiger charge is -2.26. The first-order valence-electron chi connectivity index (χ1n) is 12.6. The Morgan fingerprint density at radius 2 is 1.27 bits per heavy atom. The summed E-state index contributed by atoms with van der Waals surface area (Å²) in [6.45, 7) is 33.2. The number of allylic oxidation sites excluding steroid dienone is 7. The van der Waals surface area contributed by atoms with Gasteiger partial charge >= 0.3 is 0 Å². The van der Waals surface area contributed by atoms with E-state index in [1.807, 2.05) is 41.5 Å². The predicted molar refractivity (Wildman–Crippen MR) is 155 cm³/mol. The molecule has 2 nitrogen and oxygen atoms in total. The molecule has 0 heterocycles. The van der Waals surface area contributed by atoms with Crippen LogP contribution < -0.4 is 5.73 Å². The summed E-state index contributed by atoms with van der Waals surface area (Å²) in [5.41, 5.74) is 20.2. The van der Waals surface area contributed by atoms with E-state index in [1.54, 1.807) is 0 Å². The molecule has 0 unspecified atom stereocenters. The van der Waals surface area contributed by atoms with Gasteiger partial charge in [-0.25, -0.2) is 0 Å². The Morgan fingerprint density at radius 3 is 1.61 bits per heavy atom. The lowest BCUT2D eigenvalue weighted by atomic mass is 9.80. The molecule has 0 aliphatic heterocycles. The summed E-state index contributed by atoms with van der Waals surface area (Å²) in [4.78, 5) is 0. The number of nitrogens with one attached hydrogen (secondary N) is 1. The Balaban J connectivity index is 0. The minimum Gasteiger partial charge on any atom is -0.398 e. The van der Waals surface area contributed by atoms with Crippen molar-refractivity contribution in [1.82, 2.24) is 0 Å². The van der Waals surface area contributed by atoms with Crippen LogP contribution in [0.1, 0.15) is 118 Å². The van der Waals surface area contributed by atoms with Gasteiger partial charge in [0.2, 0.25) is 0 Å². The van der Waals surface area contributed by atoms with Gasteiger partial charge in [0.15, 0.2) is 0 Å². The van der Waals surface area contributed by atoms with Crippen molar-refractivity contribution in [1.29, 1.82) is 5.41 Å². The van der Waals surface area contributed by atoms with Crippen molar-refractivity contribution in [3.8, 4) is 0 Å². The highest BCUT2D eigenvalue weighted by molar-refractivity contribution is 6.18. The van der Waals surface area contributed by atoms with Crippen LogP contribution in [0.2, 0.25) is 0 Å². The quantitative estimate of drug-likeness (QED) is 0.241. The molecule has 2 heteroatoms. The van der Waals surface area contributed by atoms with Gasteiger partial charge in [0.1, 0.15) is 0 Å². The summed E-state index contributed by atoms with van der Waals surface area (Å²) in [5.74, 6) is 0. The largest absolute Gasteiger partial charge is 0.398 e. The van der Waals surface area contributed by atoms with Gasteiger partial charge in [-0.1, -0.05) is 70.9 Å². The molecular formula is C31H52N2. The molecule has 0 saturated heterocycles. The molecule has 0 aromatic heterocycles. The number of hydrogen-bond acceptors (Lipinski definition) is 2. The van der Waals surface area contributed by atoms with Crippen LogP contribution >= 0.6 is 0 Å². The average Bonchev–Trinajstić information content (AvgIpc) is 2.81. The second-order valence-electron chi connectivity index (χ2n) is 8.20. The van der Waals surface area contributed by atoms with Gasteiger partial charge < -0.3 is 5.73 Å². The highest BCUT2D eigenvalue weighted by atomic mass is 14.6. The molecule has 0 aliphatic rings. The number of rotatable bonds is 7. The SMILES string of the molecule is C=C(C)c1c(C)c(N)c(C(=N)/C(C(C)=C(C)C)=C(C)\C(C)=C/C)c(CC)c1CC.CC.CC. The van der Waals surface area contributed by atoms with Gasteiger partial charge in [-0.3, -0.25) is 5.41 Å². The first kappa shape index (κ1) is 32.8. The molecule has 3 N–H and O–H groups in total. The smallest absolute Gasteiger partial charge is 0.0713 e. The van der Waals surface area contributed by atoms with E-state index in [-0.39, 0.29) is 0 Å². The average molecular weight is 453 g/mol. The minimum atomic E-state index is 0.530. The topological polar surface area (TPSA) is 49.9 Å². The van der Waals surface area contributed by atoms with Crippen LogP contribution in [0.25, 0.3) is 5.57 Å². The zero-order valence-electron chi connectivity index (χ0n) is 24.3. The zero-order valence-corrected chi connectivity index (χ0v) is 24.3. The lowest BCUT2D eigenvalue weighted by molar-refractivity contribution is 1.02. The molecule has 0 spiro atoms. The molecule has 1 aromatic carbocycles. The van der Waals surface area contributed by atoms with E-state index in [2.05, 4.69) is 68.0 Å². The zero-order chi connectivity index (χ0) is 26.6. The number of benzene rings is 1. The Bertz CT molecular complexity index is 930. The second-order valence-corrected chi connectivity index (χ2v) is 8.20. The summed E-state index contributed by atoms with van der Waals surface area (Å²) in [7, 11) is 0. The van der Waals surface area contributed by atoms with E-state index in [1.165, 1.54) is 27.8 Å². The van der Waals surface area contributed by atoms with Crippen LogP contribution in [0.4, 0.5) is 5.69 Å². The van der Waals surface area contributed by atoms with Crippen molar-refractivity contribution in [2.24, 2.45) is 0 Å². The van der Waals surface area contributed by atoms with Crippen LogP contribution in [0.3, 0.4) is 0 Å². The van der Waals surface area contributed by atoms with Crippen molar-refractivity contribution in [3.63, 3.8) is 0 Å². The molecule has 0 atom stereocenters. The third-order valence-electron chi connectivity index (χ3n) is 6.17. The first-order chi connectivity index (χ1) is 15.5. The van der Waals surface area contributed by atoms with Crippen molar-refractivity contribution in [2.75, 3.05) is 5.73 Å². The van der Waals surface area contributed by atoms with Gasteiger partial charge in [-0.2, -0.15) is 0 Å². The van der Waals surface area contributed by atoms with Crippen LogP contribution in [0.15, 0.2) is 40.5 Å². The van der Waals surface area contributed by atoms with Gasteiger partial charge in [-0.05, 0) is 102 Å². The highest BCUT2D eigenvalue weighted by Crippen LogP contribution is 2.37. The molecular weight excluding hydrogens is 400 g/mol. The van der Waals surface area contributed by atoms with E-state index >= 15 is 0 Å². The Labute approximate surface area is 206 Å². The van der Waals surface area contributed by atoms with Crippen LogP contribution in [0.5, 0.6) is 0 Å². The maximum absolute atomic E-state index is 9.32. The Morgan fingerprint density at radius 1 is 0.848 bits per heavy atom. The number of nitrogens with two attached hydrogens (primary N) is 1. The van der Waals surface area contributed by atoms with Crippen molar-refractivity contribution in [3.05, 3.63) is 68.3 Å². The molecule has 0 bridgehead atoms. The molecule has 0 saturated carbocycles. The Kier molecular flexibility index (Phi) is 15.4. The molecule has 1 rings (SSSR count).